The molecule has 6 nitrogen and oxygen atoms in total. The zero-order valence-corrected chi connectivity index (χ0v) is 12.8. The molecular formula is C18H15NO5. The van der Waals surface area contributed by atoms with Crippen molar-refractivity contribution in [3.63, 3.8) is 0 Å². The van der Waals surface area contributed by atoms with Gasteiger partial charge in [0.2, 0.25) is 0 Å². The smallest absolute Gasteiger partial charge is 0.269 e. The summed E-state index contributed by atoms with van der Waals surface area (Å²) in [6.07, 6.45) is 3.85. The van der Waals surface area contributed by atoms with Crippen LogP contribution in [0.25, 0.3) is 6.08 Å². The van der Waals surface area contributed by atoms with E-state index >= 15 is 0 Å². The summed E-state index contributed by atoms with van der Waals surface area (Å²) in [4.78, 5) is 22.4. The van der Waals surface area contributed by atoms with Crippen LogP contribution in [0.4, 0.5) is 5.69 Å². The highest BCUT2D eigenvalue weighted by molar-refractivity contribution is 6.07. The molecule has 0 saturated heterocycles. The number of fused-ring (bicyclic) bond motifs is 1. The molecule has 0 fully saturated rings. The molecule has 0 aliphatic carbocycles. The van der Waals surface area contributed by atoms with Crippen LogP contribution in [0, 0.1) is 10.1 Å². The molecule has 0 amide bonds. The summed E-state index contributed by atoms with van der Waals surface area (Å²) >= 11 is 0. The Kier molecular flexibility index (Phi) is 4.56. The molecule has 122 valence electrons. The minimum absolute atomic E-state index is 0.0152. The van der Waals surface area contributed by atoms with Crippen molar-refractivity contribution in [1.82, 2.24) is 0 Å². The van der Waals surface area contributed by atoms with Crippen LogP contribution >= 0.6 is 0 Å². The van der Waals surface area contributed by atoms with Crippen LogP contribution < -0.4 is 9.47 Å². The quantitative estimate of drug-likeness (QED) is 0.371. The molecule has 0 unspecified atom stereocenters. The van der Waals surface area contributed by atoms with Crippen molar-refractivity contribution < 1.29 is 19.2 Å². The van der Waals surface area contributed by atoms with Gasteiger partial charge in [0.05, 0.1) is 18.1 Å². The molecule has 0 bridgehead atoms. The fourth-order valence-corrected chi connectivity index (χ4v) is 2.29. The van der Waals surface area contributed by atoms with E-state index in [2.05, 4.69) is 0 Å². The molecule has 24 heavy (non-hydrogen) atoms. The van der Waals surface area contributed by atoms with Gasteiger partial charge in [-0.1, -0.05) is 6.08 Å². The van der Waals surface area contributed by atoms with E-state index in [1.807, 2.05) is 0 Å². The van der Waals surface area contributed by atoms with Gasteiger partial charge in [0.25, 0.3) is 5.69 Å². The number of nitro benzene ring substituents is 1. The van der Waals surface area contributed by atoms with Crippen molar-refractivity contribution in [2.75, 3.05) is 13.2 Å². The molecule has 2 aromatic rings. The molecule has 0 spiro atoms. The molecule has 0 N–H and O–H groups in total. The van der Waals surface area contributed by atoms with Crippen LogP contribution in [0.15, 0.2) is 48.5 Å². The number of rotatable bonds is 4. The van der Waals surface area contributed by atoms with Gasteiger partial charge in [-0.05, 0) is 42.0 Å². The van der Waals surface area contributed by atoms with Crippen molar-refractivity contribution in [2.24, 2.45) is 0 Å². The summed E-state index contributed by atoms with van der Waals surface area (Å²) in [6, 6.07) is 11.1. The van der Waals surface area contributed by atoms with Gasteiger partial charge in [-0.3, -0.25) is 14.9 Å². The predicted octanol–water partition coefficient (Wildman–Crippen LogP) is 3.65. The normalized spacial score (nSPS) is 13.5. The second-order valence-electron chi connectivity index (χ2n) is 5.26. The summed E-state index contributed by atoms with van der Waals surface area (Å²) in [5.41, 5.74) is 1.22. The molecule has 1 aliphatic heterocycles. The summed E-state index contributed by atoms with van der Waals surface area (Å²) in [5, 5.41) is 10.6. The Hall–Kier alpha value is -3.15. The van der Waals surface area contributed by atoms with Crippen LogP contribution in [-0.2, 0) is 0 Å². The lowest BCUT2D eigenvalue weighted by Gasteiger charge is -2.07. The lowest BCUT2D eigenvalue weighted by atomic mass is 10.1. The average molecular weight is 325 g/mol. The zero-order valence-electron chi connectivity index (χ0n) is 12.8. The first kappa shape index (κ1) is 15.7. The number of ketones is 1. The summed E-state index contributed by atoms with van der Waals surface area (Å²) in [6.45, 7) is 1.16. The Bertz CT molecular complexity index is 796. The van der Waals surface area contributed by atoms with Gasteiger partial charge in [-0.25, -0.2) is 0 Å². The molecule has 6 heteroatoms. The number of allylic oxidation sites excluding steroid dienone is 1. The van der Waals surface area contributed by atoms with Gasteiger partial charge in [-0.2, -0.15) is 0 Å². The van der Waals surface area contributed by atoms with Gasteiger partial charge in [-0.15, -0.1) is 0 Å². The van der Waals surface area contributed by atoms with Crippen molar-refractivity contribution in [1.29, 1.82) is 0 Å². The van der Waals surface area contributed by atoms with Crippen molar-refractivity contribution in [2.45, 2.75) is 6.42 Å². The average Bonchev–Trinajstić information content (AvgIpc) is 2.84. The van der Waals surface area contributed by atoms with E-state index in [0.717, 1.165) is 6.42 Å². The first-order valence-electron chi connectivity index (χ1n) is 7.50. The summed E-state index contributed by atoms with van der Waals surface area (Å²) in [7, 11) is 0. The molecule has 3 rings (SSSR count). The van der Waals surface area contributed by atoms with Crippen LogP contribution in [0.1, 0.15) is 22.3 Å². The summed E-state index contributed by atoms with van der Waals surface area (Å²) < 4.78 is 11.1. The number of ether oxygens (including phenoxy) is 2. The third kappa shape index (κ3) is 3.60. The van der Waals surface area contributed by atoms with E-state index in [4.69, 9.17) is 9.47 Å². The number of nitro groups is 1. The van der Waals surface area contributed by atoms with Crippen LogP contribution in [0.3, 0.4) is 0 Å². The van der Waals surface area contributed by atoms with Crippen LogP contribution in [0.2, 0.25) is 0 Å². The minimum Gasteiger partial charge on any atom is -0.490 e. The maximum Gasteiger partial charge on any atom is 0.269 e. The van der Waals surface area contributed by atoms with E-state index in [1.165, 1.54) is 18.2 Å². The topological polar surface area (TPSA) is 78.7 Å². The third-order valence-electron chi connectivity index (χ3n) is 3.56. The van der Waals surface area contributed by atoms with E-state index in [0.29, 0.717) is 35.8 Å². The van der Waals surface area contributed by atoms with E-state index in [1.54, 1.807) is 36.4 Å². The number of non-ortho nitro benzene ring substituents is 1. The van der Waals surface area contributed by atoms with Gasteiger partial charge < -0.3 is 9.47 Å². The first-order chi connectivity index (χ1) is 11.6. The summed E-state index contributed by atoms with van der Waals surface area (Å²) in [5.74, 6) is 1.04. The van der Waals surface area contributed by atoms with Gasteiger partial charge in [0, 0.05) is 24.1 Å². The Labute approximate surface area is 138 Å². The van der Waals surface area contributed by atoms with Gasteiger partial charge in [0.1, 0.15) is 0 Å². The number of benzene rings is 2. The molecule has 0 saturated carbocycles. The van der Waals surface area contributed by atoms with Crippen molar-refractivity contribution in [3.8, 4) is 11.5 Å². The van der Waals surface area contributed by atoms with Crippen molar-refractivity contribution >= 4 is 17.5 Å². The standard InChI is InChI=1S/C18H15NO5/c20-16(8-4-13-2-6-15(7-3-13)19(21)22)14-5-9-17-18(12-14)24-11-1-10-23-17/h2-9,12H,1,10-11H2/b8-4+. The highest BCUT2D eigenvalue weighted by Gasteiger charge is 2.13. The maximum absolute atomic E-state index is 12.3. The minimum atomic E-state index is -0.462. The highest BCUT2D eigenvalue weighted by atomic mass is 16.6. The lowest BCUT2D eigenvalue weighted by molar-refractivity contribution is -0.384. The number of carbonyl (C=O) groups excluding carboxylic acids is 1. The third-order valence-corrected chi connectivity index (χ3v) is 3.56. The van der Waals surface area contributed by atoms with E-state index < -0.39 is 4.92 Å². The molecular weight excluding hydrogens is 310 g/mol. The Morgan fingerprint density at radius 3 is 2.46 bits per heavy atom. The molecule has 2 aromatic carbocycles. The molecule has 0 radical (unpaired) electrons. The molecule has 0 aromatic heterocycles. The molecule has 0 atom stereocenters. The SMILES string of the molecule is O=C(/C=C/c1ccc([N+](=O)[O-])cc1)c1ccc2c(c1)OCCCO2. The fraction of sp³-hybridized carbons (Fsp3) is 0.167. The molecule has 1 aliphatic rings. The number of hydrogen-bond donors (Lipinski definition) is 0. The maximum atomic E-state index is 12.3. The van der Waals surface area contributed by atoms with Gasteiger partial charge >= 0.3 is 0 Å². The molecule has 1 heterocycles. The van der Waals surface area contributed by atoms with Crippen molar-refractivity contribution in [3.05, 3.63) is 69.8 Å². The Morgan fingerprint density at radius 1 is 1.04 bits per heavy atom. The second kappa shape index (κ2) is 6.95. The second-order valence-corrected chi connectivity index (χ2v) is 5.26. The van der Waals surface area contributed by atoms with E-state index in [-0.39, 0.29) is 11.5 Å². The van der Waals surface area contributed by atoms with Gasteiger partial charge in [0.15, 0.2) is 17.3 Å². The number of carbonyl (C=O) groups is 1. The zero-order chi connectivity index (χ0) is 16.9. The monoisotopic (exact) mass is 325 g/mol. The van der Waals surface area contributed by atoms with E-state index in [9.17, 15) is 14.9 Å². The largest absolute Gasteiger partial charge is 0.490 e. The first-order valence-corrected chi connectivity index (χ1v) is 7.50. The predicted molar refractivity (Wildman–Crippen MR) is 88.5 cm³/mol. The number of nitrogens with zero attached hydrogens (tertiary/aromatic N) is 1. The number of hydrogen-bond acceptors (Lipinski definition) is 5. The fourth-order valence-electron chi connectivity index (χ4n) is 2.29. The Balaban J connectivity index is 1.74. The van der Waals surface area contributed by atoms with Crippen LogP contribution in [0.5, 0.6) is 11.5 Å². The lowest BCUT2D eigenvalue weighted by Crippen LogP contribution is -1.98. The van der Waals surface area contributed by atoms with Crippen LogP contribution in [-0.4, -0.2) is 23.9 Å². The Morgan fingerprint density at radius 2 is 1.75 bits per heavy atom. The highest BCUT2D eigenvalue weighted by Crippen LogP contribution is 2.30.